The monoisotopic (exact) mass is 336 g/mol. The number of unbranched alkanes of at least 4 members (excludes halogenated alkanes) is 3. The first-order valence-corrected chi connectivity index (χ1v) is 8.82. The fourth-order valence-corrected chi connectivity index (χ4v) is 2.14. The number of hydrogen-bond donors (Lipinski definition) is 0. The van der Waals surface area contributed by atoms with Crippen LogP contribution >= 0.6 is 0 Å². The highest BCUT2D eigenvalue weighted by molar-refractivity contribution is 5.89. The molecule has 0 saturated heterocycles. The molecular formula is C20H32O4. The van der Waals surface area contributed by atoms with Crippen LogP contribution in [0.5, 0.6) is 0 Å². The van der Waals surface area contributed by atoms with Crippen molar-refractivity contribution in [2.24, 2.45) is 0 Å². The van der Waals surface area contributed by atoms with Crippen LogP contribution < -0.4 is 0 Å². The maximum Gasteiger partial charge on any atom is 0.334 e. The summed E-state index contributed by atoms with van der Waals surface area (Å²) >= 11 is 0. The van der Waals surface area contributed by atoms with Gasteiger partial charge in [-0.05, 0) is 31.8 Å². The highest BCUT2D eigenvalue weighted by atomic mass is 16.5. The van der Waals surface area contributed by atoms with Crippen LogP contribution in [0.15, 0.2) is 36.0 Å². The molecule has 0 radical (unpaired) electrons. The molecule has 0 N–H and O–H groups in total. The van der Waals surface area contributed by atoms with Gasteiger partial charge in [-0.3, -0.25) is 4.79 Å². The van der Waals surface area contributed by atoms with Crippen LogP contribution in [0, 0.1) is 0 Å². The van der Waals surface area contributed by atoms with E-state index in [-0.39, 0.29) is 18.0 Å². The van der Waals surface area contributed by atoms with E-state index in [1.165, 1.54) is 14.0 Å². The molecule has 4 heteroatoms. The molecule has 0 aromatic rings. The number of carbonyl (C=O) groups excluding carboxylic acids is 2. The minimum absolute atomic E-state index is 0.250. The lowest BCUT2D eigenvalue weighted by Gasteiger charge is -2.12. The zero-order valence-corrected chi connectivity index (χ0v) is 15.5. The van der Waals surface area contributed by atoms with E-state index >= 15 is 0 Å². The van der Waals surface area contributed by atoms with Crippen molar-refractivity contribution in [1.29, 1.82) is 0 Å². The molecule has 0 aliphatic rings. The molecule has 0 aliphatic carbocycles. The standard InChI is InChI=1S/C20H32O4/c1-5-7-9-11-13-18(20(22)23-4)14-12-16-19(24-17(3)21)15-10-8-6-2/h9,11-12,14,16,19H,5-8,10,13,15H2,1-4H3/b11-9-,16-12+,18-14+. The Morgan fingerprint density at radius 1 is 1.08 bits per heavy atom. The van der Waals surface area contributed by atoms with Gasteiger partial charge in [0.25, 0.3) is 0 Å². The zero-order valence-electron chi connectivity index (χ0n) is 15.5. The molecule has 0 bridgehead atoms. The van der Waals surface area contributed by atoms with E-state index in [2.05, 4.69) is 19.9 Å². The summed E-state index contributed by atoms with van der Waals surface area (Å²) in [6, 6.07) is 0. The molecular weight excluding hydrogens is 304 g/mol. The minimum atomic E-state index is -0.337. The average Bonchev–Trinajstić information content (AvgIpc) is 2.55. The van der Waals surface area contributed by atoms with Gasteiger partial charge in [-0.2, -0.15) is 0 Å². The molecule has 0 amide bonds. The first-order valence-electron chi connectivity index (χ1n) is 8.82. The van der Waals surface area contributed by atoms with Crippen molar-refractivity contribution in [3.63, 3.8) is 0 Å². The number of ether oxygens (including phenoxy) is 2. The van der Waals surface area contributed by atoms with Crippen molar-refractivity contribution >= 4 is 11.9 Å². The number of hydrogen-bond acceptors (Lipinski definition) is 4. The fourth-order valence-electron chi connectivity index (χ4n) is 2.14. The number of allylic oxidation sites excluding steroid dienone is 4. The van der Waals surface area contributed by atoms with Gasteiger partial charge in [0.15, 0.2) is 0 Å². The first-order chi connectivity index (χ1) is 11.5. The van der Waals surface area contributed by atoms with Gasteiger partial charge in [0.1, 0.15) is 6.10 Å². The van der Waals surface area contributed by atoms with E-state index in [9.17, 15) is 9.59 Å². The third-order valence-electron chi connectivity index (χ3n) is 3.44. The molecule has 24 heavy (non-hydrogen) atoms. The van der Waals surface area contributed by atoms with Gasteiger partial charge >= 0.3 is 11.9 Å². The van der Waals surface area contributed by atoms with E-state index in [1.54, 1.807) is 12.2 Å². The molecule has 0 spiro atoms. The molecule has 0 fully saturated rings. The second-order valence-electron chi connectivity index (χ2n) is 5.68. The van der Waals surface area contributed by atoms with Gasteiger partial charge in [-0.25, -0.2) is 4.79 Å². The number of methoxy groups -OCH3 is 1. The Balaban J connectivity index is 4.84. The van der Waals surface area contributed by atoms with Gasteiger partial charge in [-0.15, -0.1) is 0 Å². The summed E-state index contributed by atoms with van der Waals surface area (Å²) in [6.45, 7) is 5.65. The van der Waals surface area contributed by atoms with E-state index in [4.69, 9.17) is 9.47 Å². The summed E-state index contributed by atoms with van der Waals surface area (Å²) < 4.78 is 10.1. The normalized spacial score (nSPS) is 13.4. The summed E-state index contributed by atoms with van der Waals surface area (Å²) in [5, 5.41) is 0. The summed E-state index contributed by atoms with van der Waals surface area (Å²) in [4.78, 5) is 23.0. The van der Waals surface area contributed by atoms with Crippen LogP contribution in [0.3, 0.4) is 0 Å². The predicted molar refractivity (Wildman–Crippen MR) is 97.6 cm³/mol. The molecule has 0 heterocycles. The molecule has 4 nitrogen and oxygen atoms in total. The number of esters is 2. The lowest BCUT2D eigenvalue weighted by atomic mass is 10.1. The van der Waals surface area contributed by atoms with Crippen molar-refractivity contribution in [3.05, 3.63) is 36.0 Å². The van der Waals surface area contributed by atoms with Crippen molar-refractivity contribution in [3.8, 4) is 0 Å². The fraction of sp³-hybridized carbons (Fsp3) is 0.600. The minimum Gasteiger partial charge on any atom is -0.466 e. The molecule has 0 aromatic carbocycles. The maximum atomic E-state index is 11.8. The van der Waals surface area contributed by atoms with Gasteiger partial charge in [-0.1, -0.05) is 57.4 Å². The van der Waals surface area contributed by atoms with E-state index in [1.807, 2.05) is 12.2 Å². The van der Waals surface area contributed by atoms with Crippen molar-refractivity contribution in [2.45, 2.75) is 71.8 Å². The summed E-state index contributed by atoms with van der Waals surface area (Å²) in [7, 11) is 1.38. The van der Waals surface area contributed by atoms with Crippen LogP contribution in [-0.2, 0) is 19.1 Å². The Morgan fingerprint density at radius 2 is 1.83 bits per heavy atom. The summed E-state index contributed by atoms with van der Waals surface area (Å²) in [5.41, 5.74) is 0.580. The highest BCUT2D eigenvalue weighted by Gasteiger charge is 2.09. The molecule has 0 aliphatic heterocycles. The Bertz CT molecular complexity index is 447. The largest absolute Gasteiger partial charge is 0.466 e. The van der Waals surface area contributed by atoms with Crippen LogP contribution in [0.4, 0.5) is 0 Å². The summed E-state index contributed by atoms with van der Waals surface area (Å²) in [5.74, 6) is -0.628. The van der Waals surface area contributed by atoms with Gasteiger partial charge < -0.3 is 9.47 Å². The zero-order chi connectivity index (χ0) is 18.2. The second-order valence-corrected chi connectivity index (χ2v) is 5.68. The molecule has 1 unspecified atom stereocenters. The maximum absolute atomic E-state index is 11.8. The number of carbonyl (C=O) groups is 2. The summed E-state index contributed by atoms with van der Waals surface area (Å²) in [6.07, 6.45) is 15.8. The molecule has 0 aromatic heterocycles. The van der Waals surface area contributed by atoms with Crippen LogP contribution in [0.25, 0.3) is 0 Å². The van der Waals surface area contributed by atoms with Crippen LogP contribution in [0.2, 0.25) is 0 Å². The average molecular weight is 336 g/mol. The van der Waals surface area contributed by atoms with Crippen LogP contribution in [-0.4, -0.2) is 25.2 Å². The number of rotatable bonds is 12. The molecule has 136 valence electrons. The second kappa shape index (κ2) is 14.7. The SMILES string of the molecule is CCC/C=C\C/C(=C\C=C\C(CCCCC)OC(C)=O)C(=O)OC. The van der Waals surface area contributed by atoms with Crippen LogP contribution in [0.1, 0.15) is 65.7 Å². The lowest BCUT2D eigenvalue weighted by molar-refractivity contribution is -0.144. The van der Waals surface area contributed by atoms with Gasteiger partial charge in [0.2, 0.25) is 0 Å². The Labute approximate surface area is 146 Å². The van der Waals surface area contributed by atoms with Crippen molar-refractivity contribution in [2.75, 3.05) is 7.11 Å². The third kappa shape index (κ3) is 11.7. The third-order valence-corrected chi connectivity index (χ3v) is 3.44. The predicted octanol–water partition coefficient (Wildman–Crippen LogP) is 4.90. The topological polar surface area (TPSA) is 52.6 Å². The molecule has 1 atom stereocenters. The van der Waals surface area contributed by atoms with E-state index in [0.717, 1.165) is 38.5 Å². The van der Waals surface area contributed by atoms with Crippen molar-refractivity contribution in [1.82, 2.24) is 0 Å². The quantitative estimate of drug-likeness (QED) is 0.167. The van der Waals surface area contributed by atoms with Gasteiger partial charge in [0, 0.05) is 12.5 Å². The molecule has 0 rings (SSSR count). The Morgan fingerprint density at radius 3 is 2.42 bits per heavy atom. The lowest BCUT2D eigenvalue weighted by Crippen LogP contribution is -2.13. The van der Waals surface area contributed by atoms with Gasteiger partial charge in [0.05, 0.1) is 7.11 Å². The first kappa shape index (κ1) is 22.2. The van der Waals surface area contributed by atoms with Crippen molar-refractivity contribution < 1.29 is 19.1 Å². The van der Waals surface area contributed by atoms with E-state index < -0.39 is 0 Å². The highest BCUT2D eigenvalue weighted by Crippen LogP contribution is 2.11. The van der Waals surface area contributed by atoms with E-state index in [0.29, 0.717) is 12.0 Å². The Hall–Kier alpha value is -1.84. The smallest absolute Gasteiger partial charge is 0.334 e. The Kier molecular flexibility index (Phi) is 13.6. The molecule has 0 saturated carbocycles.